The maximum atomic E-state index is 12.2. The number of aromatic nitrogens is 4. The highest BCUT2D eigenvalue weighted by atomic mass is 16.5. The second-order valence-electron chi connectivity index (χ2n) is 6.62. The topological polar surface area (TPSA) is 95.2 Å². The Bertz CT molecular complexity index is 1200. The van der Waals surface area contributed by atoms with Gasteiger partial charge in [0.1, 0.15) is 0 Å². The lowest BCUT2D eigenvalue weighted by Crippen LogP contribution is -2.18. The van der Waals surface area contributed by atoms with Crippen molar-refractivity contribution in [2.75, 3.05) is 14.2 Å². The molecule has 0 bridgehead atoms. The third-order valence-electron chi connectivity index (χ3n) is 4.55. The molecule has 0 aliphatic carbocycles. The van der Waals surface area contributed by atoms with Crippen LogP contribution in [0.15, 0.2) is 45.7 Å². The predicted octanol–water partition coefficient (Wildman–Crippen LogP) is 3.64. The summed E-state index contributed by atoms with van der Waals surface area (Å²) < 4.78 is 17.7. The van der Waals surface area contributed by atoms with Gasteiger partial charge in [-0.3, -0.25) is 4.57 Å². The standard InChI is InChI=1S/C20H20N4O4/c1-11(2)24-15-7-5-12(9-14(15)21-20(24)25)18-22-19(28-23-18)13-6-8-16(26-3)17(10-13)27-4/h5-11H,1-4H3,(H,21,25). The Labute approximate surface area is 160 Å². The lowest BCUT2D eigenvalue weighted by molar-refractivity contribution is 0.355. The predicted molar refractivity (Wildman–Crippen MR) is 105 cm³/mol. The molecular formula is C20H20N4O4. The van der Waals surface area contributed by atoms with E-state index in [9.17, 15) is 4.79 Å². The maximum absolute atomic E-state index is 12.2. The average molecular weight is 380 g/mol. The molecule has 0 aliphatic heterocycles. The van der Waals surface area contributed by atoms with Crippen molar-refractivity contribution in [1.29, 1.82) is 0 Å². The number of benzene rings is 2. The molecule has 0 radical (unpaired) electrons. The van der Waals surface area contributed by atoms with Crippen molar-refractivity contribution in [1.82, 2.24) is 19.7 Å². The lowest BCUT2D eigenvalue weighted by atomic mass is 10.1. The molecule has 2 aromatic heterocycles. The molecule has 0 saturated heterocycles. The van der Waals surface area contributed by atoms with Crippen LogP contribution in [-0.4, -0.2) is 33.9 Å². The molecular weight excluding hydrogens is 360 g/mol. The van der Waals surface area contributed by atoms with Gasteiger partial charge in [-0.05, 0) is 50.2 Å². The second-order valence-corrected chi connectivity index (χ2v) is 6.62. The van der Waals surface area contributed by atoms with E-state index < -0.39 is 0 Å². The summed E-state index contributed by atoms with van der Waals surface area (Å²) in [7, 11) is 3.15. The van der Waals surface area contributed by atoms with E-state index in [4.69, 9.17) is 14.0 Å². The van der Waals surface area contributed by atoms with Crippen molar-refractivity contribution in [2.24, 2.45) is 0 Å². The molecule has 8 heteroatoms. The SMILES string of the molecule is COc1ccc(-c2nc(-c3ccc4c(c3)[nH]c(=O)n4C(C)C)no2)cc1OC. The first-order valence-electron chi connectivity index (χ1n) is 8.82. The average Bonchev–Trinajstić information content (AvgIpc) is 3.30. The third-order valence-corrected chi connectivity index (χ3v) is 4.55. The van der Waals surface area contributed by atoms with Crippen LogP contribution in [0.5, 0.6) is 11.5 Å². The number of nitrogens with zero attached hydrogens (tertiary/aromatic N) is 3. The van der Waals surface area contributed by atoms with Crippen molar-refractivity contribution in [3.8, 4) is 34.3 Å². The van der Waals surface area contributed by atoms with Gasteiger partial charge in [0, 0.05) is 17.2 Å². The van der Waals surface area contributed by atoms with Gasteiger partial charge in [0.25, 0.3) is 5.89 Å². The number of methoxy groups -OCH3 is 2. The minimum atomic E-state index is -0.138. The lowest BCUT2D eigenvalue weighted by Gasteiger charge is -2.07. The van der Waals surface area contributed by atoms with E-state index in [0.717, 1.165) is 22.2 Å². The molecule has 8 nitrogen and oxygen atoms in total. The summed E-state index contributed by atoms with van der Waals surface area (Å²) in [6.45, 7) is 3.94. The van der Waals surface area contributed by atoms with Gasteiger partial charge < -0.3 is 19.0 Å². The van der Waals surface area contributed by atoms with Crippen molar-refractivity contribution in [2.45, 2.75) is 19.9 Å². The molecule has 144 valence electrons. The maximum Gasteiger partial charge on any atom is 0.326 e. The fraction of sp³-hybridized carbons (Fsp3) is 0.250. The summed E-state index contributed by atoms with van der Waals surface area (Å²) in [5.41, 5.74) is 2.90. The molecule has 0 saturated carbocycles. The van der Waals surface area contributed by atoms with Crippen LogP contribution in [0.25, 0.3) is 33.9 Å². The first kappa shape index (κ1) is 17.8. The highest BCUT2D eigenvalue weighted by molar-refractivity contribution is 5.81. The molecule has 28 heavy (non-hydrogen) atoms. The largest absolute Gasteiger partial charge is 0.493 e. The van der Waals surface area contributed by atoms with Gasteiger partial charge in [-0.25, -0.2) is 4.79 Å². The van der Waals surface area contributed by atoms with Gasteiger partial charge in [-0.2, -0.15) is 4.98 Å². The molecule has 2 aromatic carbocycles. The smallest absolute Gasteiger partial charge is 0.326 e. The van der Waals surface area contributed by atoms with Gasteiger partial charge in [0.05, 0.1) is 25.3 Å². The van der Waals surface area contributed by atoms with Crippen LogP contribution in [0, 0.1) is 0 Å². The molecule has 0 amide bonds. The van der Waals surface area contributed by atoms with E-state index in [1.807, 2.05) is 38.1 Å². The fourth-order valence-electron chi connectivity index (χ4n) is 3.21. The highest BCUT2D eigenvalue weighted by Crippen LogP contribution is 2.32. The normalized spacial score (nSPS) is 11.3. The van der Waals surface area contributed by atoms with Crippen LogP contribution in [0.1, 0.15) is 19.9 Å². The molecule has 4 rings (SSSR count). The zero-order chi connectivity index (χ0) is 19.8. The van der Waals surface area contributed by atoms with Gasteiger partial charge >= 0.3 is 5.69 Å². The molecule has 0 fully saturated rings. The number of nitrogens with one attached hydrogen (secondary N) is 1. The zero-order valence-electron chi connectivity index (χ0n) is 16.0. The van der Waals surface area contributed by atoms with Gasteiger partial charge in [0.15, 0.2) is 11.5 Å². The molecule has 1 N–H and O–H groups in total. The number of fused-ring (bicyclic) bond motifs is 1. The Morgan fingerprint density at radius 1 is 1.04 bits per heavy atom. The summed E-state index contributed by atoms with van der Waals surface area (Å²) in [6.07, 6.45) is 0. The second kappa shape index (κ2) is 6.88. The van der Waals surface area contributed by atoms with Gasteiger partial charge in [-0.1, -0.05) is 5.16 Å². The molecule has 0 spiro atoms. The summed E-state index contributed by atoms with van der Waals surface area (Å²) in [4.78, 5) is 19.5. The molecule has 0 aliphatic rings. The summed E-state index contributed by atoms with van der Waals surface area (Å²) in [6, 6.07) is 11.0. The number of ether oxygens (including phenoxy) is 2. The van der Waals surface area contributed by atoms with Crippen molar-refractivity contribution in [3.63, 3.8) is 0 Å². The third kappa shape index (κ3) is 2.92. The van der Waals surface area contributed by atoms with Crippen LogP contribution >= 0.6 is 0 Å². The molecule has 0 unspecified atom stereocenters. The van der Waals surface area contributed by atoms with Crippen LogP contribution < -0.4 is 15.2 Å². The number of imidazole rings is 1. The van der Waals surface area contributed by atoms with E-state index in [1.54, 1.807) is 30.9 Å². The van der Waals surface area contributed by atoms with E-state index in [2.05, 4.69) is 15.1 Å². The van der Waals surface area contributed by atoms with Crippen molar-refractivity contribution in [3.05, 3.63) is 46.9 Å². The quantitative estimate of drug-likeness (QED) is 0.568. The molecule has 4 aromatic rings. The van der Waals surface area contributed by atoms with Crippen LogP contribution in [0.4, 0.5) is 0 Å². The molecule has 0 atom stereocenters. The monoisotopic (exact) mass is 380 g/mol. The first-order chi connectivity index (χ1) is 13.5. The van der Waals surface area contributed by atoms with E-state index >= 15 is 0 Å². The fourth-order valence-corrected chi connectivity index (χ4v) is 3.21. The Kier molecular flexibility index (Phi) is 4.38. The van der Waals surface area contributed by atoms with Gasteiger partial charge in [0.2, 0.25) is 5.82 Å². The van der Waals surface area contributed by atoms with E-state index in [1.165, 1.54) is 0 Å². The van der Waals surface area contributed by atoms with E-state index in [0.29, 0.717) is 23.2 Å². The number of hydrogen-bond acceptors (Lipinski definition) is 6. The Morgan fingerprint density at radius 3 is 2.50 bits per heavy atom. The highest BCUT2D eigenvalue weighted by Gasteiger charge is 2.15. The summed E-state index contributed by atoms with van der Waals surface area (Å²) in [5, 5.41) is 4.08. The first-order valence-corrected chi connectivity index (χ1v) is 8.82. The molecule has 2 heterocycles. The summed E-state index contributed by atoms with van der Waals surface area (Å²) in [5.74, 6) is 2.00. The Morgan fingerprint density at radius 2 is 1.79 bits per heavy atom. The number of aromatic amines is 1. The van der Waals surface area contributed by atoms with Crippen LogP contribution in [0.3, 0.4) is 0 Å². The Balaban J connectivity index is 1.72. The van der Waals surface area contributed by atoms with Crippen molar-refractivity contribution < 1.29 is 14.0 Å². The van der Waals surface area contributed by atoms with Crippen molar-refractivity contribution >= 4 is 11.0 Å². The minimum absolute atomic E-state index is 0.0638. The number of H-pyrrole nitrogens is 1. The van der Waals surface area contributed by atoms with E-state index in [-0.39, 0.29) is 11.7 Å². The van der Waals surface area contributed by atoms with Crippen LogP contribution in [0.2, 0.25) is 0 Å². The Hall–Kier alpha value is -3.55. The zero-order valence-corrected chi connectivity index (χ0v) is 16.0. The van der Waals surface area contributed by atoms with Crippen LogP contribution in [-0.2, 0) is 0 Å². The summed E-state index contributed by atoms with van der Waals surface area (Å²) >= 11 is 0. The number of hydrogen-bond donors (Lipinski definition) is 1. The minimum Gasteiger partial charge on any atom is -0.493 e. The van der Waals surface area contributed by atoms with Gasteiger partial charge in [-0.15, -0.1) is 0 Å². The number of rotatable bonds is 5.